The third-order valence-electron chi connectivity index (χ3n) is 3.78. The van der Waals surface area contributed by atoms with Gasteiger partial charge in [0, 0.05) is 25.2 Å². The highest BCUT2D eigenvalue weighted by atomic mass is 15.2. The molecule has 1 fully saturated rings. The standard InChI is InChI=1S/C13H28N2/c1-6-14-12(4)9-15-8-10(2)7-11(3)13(15)5/h10-14H,6-9H2,1-5H3. The van der Waals surface area contributed by atoms with Crippen LogP contribution in [0.4, 0.5) is 0 Å². The van der Waals surface area contributed by atoms with Gasteiger partial charge >= 0.3 is 0 Å². The third kappa shape index (κ3) is 3.76. The highest BCUT2D eigenvalue weighted by Crippen LogP contribution is 2.26. The quantitative estimate of drug-likeness (QED) is 0.769. The maximum atomic E-state index is 3.50. The first-order valence-electron chi connectivity index (χ1n) is 6.52. The van der Waals surface area contributed by atoms with E-state index >= 15 is 0 Å². The average molecular weight is 212 g/mol. The number of piperidine rings is 1. The molecule has 0 aliphatic carbocycles. The van der Waals surface area contributed by atoms with Gasteiger partial charge in [-0.2, -0.15) is 0 Å². The van der Waals surface area contributed by atoms with Crippen molar-refractivity contribution in [2.45, 2.75) is 53.1 Å². The van der Waals surface area contributed by atoms with E-state index in [2.05, 4.69) is 44.8 Å². The van der Waals surface area contributed by atoms with Gasteiger partial charge in [0.05, 0.1) is 0 Å². The van der Waals surface area contributed by atoms with Gasteiger partial charge in [0.25, 0.3) is 0 Å². The Morgan fingerprint density at radius 1 is 1.33 bits per heavy atom. The Morgan fingerprint density at radius 3 is 2.60 bits per heavy atom. The topological polar surface area (TPSA) is 15.3 Å². The van der Waals surface area contributed by atoms with Gasteiger partial charge in [0.1, 0.15) is 0 Å². The van der Waals surface area contributed by atoms with Crippen molar-refractivity contribution in [1.29, 1.82) is 0 Å². The molecule has 4 atom stereocenters. The minimum absolute atomic E-state index is 0.620. The minimum Gasteiger partial charge on any atom is -0.313 e. The predicted molar refractivity (Wildman–Crippen MR) is 67.1 cm³/mol. The van der Waals surface area contributed by atoms with E-state index in [1.807, 2.05) is 0 Å². The second-order valence-electron chi connectivity index (χ2n) is 5.47. The van der Waals surface area contributed by atoms with Crippen LogP contribution in [0.15, 0.2) is 0 Å². The molecule has 0 aromatic heterocycles. The lowest BCUT2D eigenvalue weighted by molar-refractivity contribution is 0.0723. The summed E-state index contributed by atoms with van der Waals surface area (Å²) in [5.41, 5.74) is 0. The molecule has 1 heterocycles. The Balaban J connectivity index is 2.44. The summed E-state index contributed by atoms with van der Waals surface area (Å²) < 4.78 is 0. The fourth-order valence-electron chi connectivity index (χ4n) is 2.84. The third-order valence-corrected chi connectivity index (χ3v) is 3.78. The van der Waals surface area contributed by atoms with Crippen molar-refractivity contribution in [2.75, 3.05) is 19.6 Å². The van der Waals surface area contributed by atoms with Gasteiger partial charge in [-0.3, -0.25) is 4.90 Å². The summed E-state index contributed by atoms with van der Waals surface area (Å²) in [7, 11) is 0. The highest BCUT2D eigenvalue weighted by molar-refractivity contribution is 4.83. The number of hydrogen-bond donors (Lipinski definition) is 1. The predicted octanol–water partition coefficient (Wildman–Crippen LogP) is 2.35. The zero-order chi connectivity index (χ0) is 11.4. The molecule has 0 aromatic rings. The summed E-state index contributed by atoms with van der Waals surface area (Å²) in [6.45, 7) is 15.2. The lowest BCUT2D eigenvalue weighted by Gasteiger charge is -2.42. The summed E-state index contributed by atoms with van der Waals surface area (Å²) in [6.07, 6.45) is 1.40. The average Bonchev–Trinajstić information content (AvgIpc) is 2.13. The van der Waals surface area contributed by atoms with Crippen molar-refractivity contribution in [1.82, 2.24) is 10.2 Å². The Kier molecular flexibility index (Phi) is 5.07. The number of nitrogens with one attached hydrogen (secondary N) is 1. The molecule has 90 valence electrons. The molecule has 0 aromatic carbocycles. The van der Waals surface area contributed by atoms with Crippen LogP contribution in [0, 0.1) is 11.8 Å². The molecule has 15 heavy (non-hydrogen) atoms. The molecule has 1 saturated heterocycles. The van der Waals surface area contributed by atoms with Gasteiger partial charge < -0.3 is 5.32 Å². The smallest absolute Gasteiger partial charge is 0.0166 e. The molecule has 1 rings (SSSR count). The first-order valence-corrected chi connectivity index (χ1v) is 6.52. The van der Waals surface area contributed by atoms with Crippen molar-refractivity contribution in [3.63, 3.8) is 0 Å². The van der Waals surface area contributed by atoms with E-state index in [1.165, 1.54) is 19.5 Å². The number of rotatable bonds is 4. The molecular weight excluding hydrogens is 184 g/mol. The Hall–Kier alpha value is -0.0800. The molecule has 0 saturated carbocycles. The van der Waals surface area contributed by atoms with Crippen LogP contribution in [0.5, 0.6) is 0 Å². The van der Waals surface area contributed by atoms with Crippen LogP contribution >= 0.6 is 0 Å². The maximum Gasteiger partial charge on any atom is 0.0166 e. The Morgan fingerprint density at radius 2 is 2.00 bits per heavy atom. The van der Waals surface area contributed by atoms with Crippen molar-refractivity contribution < 1.29 is 0 Å². The van der Waals surface area contributed by atoms with E-state index in [-0.39, 0.29) is 0 Å². The monoisotopic (exact) mass is 212 g/mol. The van der Waals surface area contributed by atoms with Crippen LogP contribution < -0.4 is 5.32 Å². The van der Waals surface area contributed by atoms with Crippen LogP contribution in [0.25, 0.3) is 0 Å². The second-order valence-corrected chi connectivity index (χ2v) is 5.47. The second kappa shape index (κ2) is 5.86. The first-order chi connectivity index (χ1) is 7.04. The fraction of sp³-hybridized carbons (Fsp3) is 1.00. The summed E-state index contributed by atoms with van der Waals surface area (Å²) in [5, 5.41) is 3.50. The summed E-state index contributed by atoms with van der Waals surface area (Å²) in [5.74, 6) is 1.72. The molecule has 2 nitrogen and oxygen atoms in total. The normalized spacial score (nSPS) is 35.4. The SMILES string of the molecule is CCNC(C)CN1CC(C)CC(C)C1C. The molecule has 0 radical (unpaired) electrons. The summed E-state index contributed by atoms with van der Waals surface area (Å²) in [6, 6.07) is 1.37. The van der Waals surface area contributed by atoms with Crippen molar-refractivity contribution in [3.05, 3.63) is 0 Å². The summed E-state index contributed by atoms with van der Waals surface area (Å²) in [4.78, 5) is 2.66. The van der Waals surface area contributed by atoms with Gasteiger partial charge in [0.15, 0.2) is 0 Å². The van der Waals surface area contributed by atoms with E-state index in [0.717, 1.165) is 24.4 Å². The summed E-state index contributed by atoms with van der Waals surface area (Å²) >= 11 is 0. The first kappa shape index (κ1) is 13.0. The number of likely N-dealkylation sites (tertiary alicyclic amines) is 1. The molecule has 1 aliphatic rings. The van der Waals surface area contributed by atoms with Crippen LogP contribution in [0.1, 0.15) is 41.0 Å². The molecule has 0 amide bonds. The molecule has 1 N–H and O–H groups in total. The van der Waals surface area contributed by atoms with Crippen molar-refractivity contribution in [2.24, 2.45) is 11.8 Å². The van der Waals surface area contributed by atoms with E-state index < -0.39 is 0 Å². The molecule has 0 spiro atoms. The molecule has 4 unspecified atom stereocenters. The molecule has 1 aliphatic heterocycles. The van der Waals surface area contributed by atoms with Crippen LogP contribution in [0.3, 0.4) is 0 Å². The van der Waals surface area contributed by atoms with E-state index in [1.54, 1.807) is 0 Å². The fourth-order valence-corrected chi connectivity index (χ4v) is 2.84. The van der Waals surface area contributed by atoms with Crippen molar-refractivity contribution >= 4 is 0 Å². The van der Waals surface area contributed by atoms with Crippen molar-refractivity contribution in [3.8, 4) is 0 Å². The minimum atomic E-state index is 0.620. The molecular formula is C13H28N2. The number of nitrogens with zero attached hydrogens (tertiary/aromatic N) is 1. The molecule has 2 heteroatoms. The lowest BCUT2D eigenvalue weighted by atomic mass is 9.86. The van der Waals surface area contributed by atoms with Gasteiger partial charge in [-0.15, -0.1) is 0 Å². The van der Waals surface area contributed by atoms with E-state index in [4.69, 9.17) is 0 Å². The van der Waals surface area contributed by atoms with Gasteiger partial charge in [0.2, 0.25) is 0 Å². The van der Waals surface area contributed by atoms with Gasteiger partial charge in [-0.25, -0.2) is 0 Å². The van der Waals surface area contributed by atoms with Crippen LogP contribution in [0.2, 0.25) is 0 Å². The van der Waals surface area contributed by atoms with Gasteiger partial charge in [-0.1, -0.05) is 20.8 Å². The number of hydrogen-bond acceptors (Lipinski definition) is 2. The Bertz CT molecular complexity index is 181. The van der Waals surface area contributed by atoms with E-state index in [0.29, 0.717) is 6.04 Å². The largest absolute Gasteiger partial charge is 0.313 e. The van der Waals surface area contributed by atoms with Crippen LogP contribution in [-0.2, 0) is 0 Å². The zero-order valence-corrected chi connectivity index (χ0v) is 11.1. The van der Waals surface area contributed by atoms with E-state index in [9.17, 15) is 0 Å². The lowest BCUT2D eigenvalue weighted by Crippen LogP contribution is -2.50. The van der Waals surface area contributed by atoms with Crippen LogP contribution in [-0.4, -0.2) is 36.6 Å². The maximum absolute atomic E-state index is 3.50. The molecule has 0 bridgehead atoms. The van der Waals surface area contributed by atoms with Gasteiger partial charge in [-0.05, 0) is 38.6 Å². The number of likely N-dealkylation sites (N-methyl/N-ethyl adjacent to an activating group) is 1. The Labute approximate surface area is 95.4 Å². The zero-order valence-electron chi connectivity index (χ0n) is 11.1. The highest BCUT2D eigenvalue weighted by Gasteiger charge is 2.29.